The van der Waals surface area contributed by atoms with Crippen LogP contribution >= 0.6 is 11.6 Å². The maximum absolute atomic E-state index is 11.5. The lowest BCUT2D eigenvalue weighted by Gasteiger charge is -2.15. The molecule has 0 aromatic heterocycles. The van der Waals surface area contributed by atoms with Crippen LogP contribution in [0, 0.1) is 0 Å². The van der Waals surface area contributed by atoms with Gasteiger partial charge in [0.15, 0.2) is 5.96 Å². The summed E-state index contributed by atoms with van der Waals surface area (Å²) in [6.07, 6.45) is 0.719. The van der Waals surface area contributed by atoms with E-state index in [-0.39, 0.29) is 25.0 Å². The summed E-state index contributed by atoms with van der Waals surface area (Å²) in [6, 6.07) is 5.22. The van der Waals surface area contributed by atoms with E-state index in [1.165, 1.54) is 4.90 Å². The number of carbonyl (C=O) groups is 2. The highest BCUT2D eigenvalue weighted by molar-refractivity contribution is 6.31. The Hall–Kier alpha value is -2.48. The van der Waals surface area contributed by atoms with Crippen molar-refractivity contribution in [2.75, 3.05) is 40.3 Å². The molecule has 25 heavy (non-hydrogen) atoms. The third-order valence-electron chi connectivity index (χ3n) is 3.74. The summed E-state index contributed by atoms with van der Waals surface area (Å²) in [5.74, 6) is 1.10. The van der Waals surface area contributed by atoms with Gasteiger partial charge in [-0.15, -0.1) is 0 Å². The third kappa shape index (κ3) is 5.25. The molecule has 0 bridgehead atoms. The molecular formula is C16H22ClN5O3. The number of rotatable bonds is 7. The van der Waals surface area contributed by atoms with Gasteiger partial charge in [-0.25, -0.2) is 4.79 Å². The van der Waals surface area contributed by atoms with E-state index in [9.17, 15) is 9.59 Å². The Balaban J connectivity index is 1.73. The number of methoxy groups -OCH3 is 1. The Labute approximate surface area is 151 Å². The molecule has 1 fully saturated rings. The first-order valence-electron chi connectivity index (χ1n) is 7.90. The number of imide groups is 1. The summed E-state index contributed by atoms with van der Waals surface area (Å²) in [6.45, 7) is 1.40. The highest BCUT2D eigenvalue weighted by Gasteiger charge is 2.27. The topological polar surface area (TPSA) is 95.1 Å². The van der Waals surface area contributed by atoms with E-state index in [0.29, 0.717) is 24.1 Å². The maximum Gasteiger partial charge on any atom is 0.324 e. The fourth-order valence-electron chi connectivity index (χ4n) is 2.36. The van der Waals surface area contributed by atoms with Crippen molar-refractivity contribution in [1.29, 1.82) is 0 Å². The molecule has 1 aromatic carbocycles. The fourth-order valence-corrected chi connectivity index (χ4v) is 2.63. The SMILES string of the molecule is CN=C(NCCc1ccc(OC)cc1Cl)NCCN1C(=O)CNC1=O. The molecule has 1 aliphatic rings. The smallest absolute Gasteiger partial charge is 0.324 e. The molecule has 8 nitrogen and oxygen atoms in total. The lowest BCUT2D eigenvalue weighted by atomic mass is 10.1. The number of aliphatic imine (C=N–C) groups is 1. The monoisotopic (exact) mass is 367 g/mol. The Morgan fingerprint density at radius 2 is 2.12 bits per heavy atom. The van der Waals surface area contributed by atoms with Crippen molar-refractivity contribution >= 4 is 29.5 Å². The molecule has 1 heterocycles. The van der Waals surface area contributed by atoms with Gasteiger partial charge in [0.05, 0.1) is 13.7 Å². The number of hydrogen-bond acceptors (Lipinski definition) is 4. The zero-order valence-corrected chi connectivity index (χ0v) is 15.0. The summed E-state index contributed by atoms with van der Waals surface area (Å²) >= 11 is 6.21. The number of benzene rings is 1. The van der Waals surface area contributed by atoms with Crippen molar-refractivity contribution in [2.45, 2.75) is 6.42 Å². The first kappa shape index (κ1) is 18.9. The zero-order valence-electron chi connectivity index (χ0n) is 14.3. The van der Waals surface area contributed by atoms with Gasteiger partial charge in [-0.1, -0.05) is 17.7 Å². The van der Waals surface area contributed by atoms with Crippen molar-refractivity contribution in [3.05, 3.63) is 28.8 Å². The molecule has 2 rings (SSSR count). The minimum absolute atomic E-state index is 0.0639. The first-order chi connectivity index (χ1) is 12.0. The minimum atomic E-state index is -0.358. The molecule has 0 aliphatic carbocycles. The standard InChI is InChI=1S/C16H22ClN5O3/c1-18-15(20-7-8-22-14(23)10-21-16(22)24)19-6-5-11-3-4-12(25-2)9-13(11)17/h3-4,9H,5-8,10H2,1-2H3,(H,21,24)(H2,18,19,20). The van der Waals surface area contributed by atoms with Crippen LogP contribution in [0.4, 0.5) is 4.79 Å². The van der Waals surface area contributed by atoms with Gasteiger partial charge in [-0.05, 0) is 24.1 Å². The van der Waals surface area contributed by atoms with Gasteiger partial charge in [-0.3, -0.25) is 14.7 Å². The van der Waals surface area contributed by atoms with Crippen LogP contribution in [0.1, 0.15) is 5.56 Å². The number of nitrogens with one attached hydrogen (secondary N) is 3. The van der Waals surface area contributed by atoms with Crippen LogP contribution in [0.25, 0.3) is 0 Å². The van der Waals surface area contributed by atoms with Crippen LogP contribution in [0.2, 0.25) is 5.02 Å². The number of guanidine groups is 1. The van der Waals surface area contributed by atoms with Gasteiger partial charge in [0.1, 0.15) is 5.75 Å². The Bertz CT molecular complexity index is 649. The number of amides is 3. The molecule has 136 valence electrons. The van der Waals surface area contributed by atoms with Crippen molar-refractivity contribution in [1.82, 2.24) is 20.9 Å². The zero-order chi connectivity index (χ0) is 18.2. The van der Waals surface area contributed by atoms with E-state index in [1.807, 2.05) is 12.1 Å². The van der Waals surface area contributed by atoms with Gasteiger partial charge in [0, 0.05) is 31.7 Å². The second-order valence-electron chi connectivity index (χ2n) is 5.34. The molecule has 9 heteroatoms. The van der Waals surface area contributed by atoms with Crippen molar-refractivity contribution < 1.29 is 14.3 Å². The van der Waals surface area contributed by atoms with Crippen molar-refractivity contribution in [3.63, 3.8) is 0 Å². The molecule has 0 atom stereocenters. The number of ether oxygens (including phenoxy) is 1. The Morgan fingerprint density at radius 3 is 2.72 bits per heavy atom. The van der Waals surface area contributed by atoms with Gasteiger partial charge >= 0.3 is 6.03 Å². The quantitative estimate of drug-likeness (QED) is 0.373. The van der Waals surface area contributed by atoms with Gasteiger partial charge in [0.2, 0.25) is 5.91 Å². The molecule has 0 spiro atoms. The average molecular weight is 368 g/mol. The molecular weight excluding hydrogens is 346 g/mol. The van der Waals surface area contributed by atoms with Crippen LogP contribution in [0.15, 0.2) is 23.2 Å². The van der Waals surface area contributed by atoms with Gasteiger partial charge in [-0.2, -0.15) is 0 Å². The molecule has 0 radical (unpaired) electrons. The number of nitrogens with zero attached hydrogens (tertiary/aromatic N) is 2. The summed E-state index contributed by atoms with van der Waals surface area (Å²) in [5.41, 5.74) is 1.00. The number of halogens is 1. The van der Waals surface area contributed by atoms with Crippen LogP contribution in [0.5, 0.6) is 5.75 Å². The molecule has 0 saturated carbocycles. The largest absolute Gasteiger partial charge is 0.497 e. The van der Waals surface area contributed by atoms with Crippen LogP contribution in [-0.4, -0.2) is 63.1 Å². The fraction of sp³-hybridized carbons (Fsp3) is 0.438. The molecule has 1 aromatic rings. The molecule has 0 unspecified atom stereocenters. The predicted octanol–water partition coefficient (Wildman–Crippen LogP) is 0.608. The molecule has 3 amide bonds. The number of carbonyl (C=O) groups excluding carboxylic acids is 2. The van der Waals surface area contributed by atoms with Crippen LogP contribution in [0.3, 0.4) is 0 Å². The third-order valence-corrected chi connectivity index (χ3v) is 4.09. The molecule has 1 aliphatic heterocycles. The van der Waals surface area contributed by atoms with Crippen molar-refractivity contribution in [3.8, 4) is 5.75 Å². The van der Waals surface area contributed by atoms with E-state index in [0.717, 1.165) is 17.7 Å². The summed E-state index contributed by atoms with van der Waals surface area (Å²) < 4.78 is 5.13. The lowest BCUT2D eigenvalue weighted by Crippen LogP contribution is -2.43. The highest BCUT2D eigenvalue weighted by Crippen LogP contribution is 2.22. The lowest BCUT2D eigenvalue weighted by molar-refractivity contribution is -0.124. The summed E-state index contributed by atoms with van der Waals surface area (Å²) in [7, 11) is 3.26. The summed E-state index contributed by atoms with van der Waals surface area (Å²) in [4.78, 5) is 28.2. The maximum atomic E-state index is 11.5. The number of hydrogen-bond donors (Lipinski definition) is 3. The van der Waals surface area contributed by atoms with Crippen LogP contribution in [-0.2, 0) is 11.2 Å². The minimum Gasteiger partial charge on any atom is -0.497 e. The summed E-state index contributed by atoms with van der Waals surface area (Å²) in [5, 5.41) is 9.37. The highest BCUT2D eigenvalue weighted by atomic mass is 35.5. The van der Waals surface area contributed by atoms with E-state index >= 15 is 0 Å². The Morgan fingerprint density at radius 1 is 1.36 bits per heavy atom. The number of urea groups is 1. The molecule has 1 saturated heterocycles. The van der Waals surface area contributed by atoms with E-state index < -0.39 is 0 Å². The predicted molar refractivity (Wildman–Crippen MR) is 96.2 cm³/mol. The average Bonchev–Trinajstić information content (AvgIpc) is 2.93. The van der Waals surface area contributed by atoms with Gasteiger partial charge < -0.3 is 20.7 Å². The normalized spacial score (nSPS) is 14.5. The van der Waals surface area contributed by atoms with E-state index in [2.05, 4.69) is 20.9 Å². The van der Waals surface area contributed by atoms with Crippen LogP contribution < -0.4 is 20.7 Å². The molecule has 3 N–H and O–H groups in total. The van der Waals surface area contributed by atoms with E-state index in [1.54, 1.807) is 20.2 Å². The Kier molecular flexibility index (Phi) is 6.88. The first-order valence-corrected chi connectivity index (χ1v) is 8.28. The second kappa shape index (κ2) is 9.12. The van der Waals surface area contributed by atoms with E-state index in [4.69, 9.17) is 16.3 Å². The second-order valence-corrected chi connectivity index (χ2v) is 5.74. The van der Waals surface area contributed by atoms with Crippen molar-refractivity contribution in [2.24, 2.45) is 4.99 Å². The van der Waals surface area contributed by atoms with Gasteiger partial charge in [0.25, 0.3) is 0 Å².